The van der Waals surface area contributed by atoms with Crippen molar-refractivity contribution in [3.63, 3.8) is 0 Å². The molecule has 38 heavy (non-hydrogen) atoms. The molecule has 0 aromatic heterocycles. The molecule has 10 heteroatoms. The summed E-state index contributed by atoms with van der Waals surface area (Å²) in [5.41, 5.74) is 0.807. The highest BCUT2D eigenvalue weighted by molar-refractivity contribution is 6.20. The van der Waals surface area contributed by atoms with Gasteiger partial charge in [-0.05, 0) is 23.3 Å². The molecule has 0 unspecified atom stereocenters. The van der Waals surface area contributed by atoms with Crippen LogP contribution in [0.4, 0.5) is 16.2 Å². The lowest BCUT2D eigenvalue weighted by molar-refractivity contribution is -0.384. The Labute approximate surface area is 218 Å². The maximum Gasteiger partial charge on any atom is 0.332 e. The van der Waals surface area contributed by atoms with E-state index in [1.54, 1.807) is 6.07 Å². The lowest BCUT2D eigenvalue weighted by Crippen LogP contribution is -2.68. The number of anilines is 1. The zero-order chi connectivity index (χ0) is 26.8. The van der Waals surface area contributed by atoms with Gasteiger partial charge in [-0.1, -0.05) is 48.5 Å². The molecule has 1 saturated heterocycles. The van der Waals surface area contributed by atoms with Crippen LogP contribution in [0.1, 0.15) is 28.8 Å². The van der Waals surface area contributed by atoms with Crippen LogP contribution in [-0.4, -0.2) is 53.2 Å². The van der Waals surface area contributed by atoms with Crippen LogP contribution in [-0.2, 0) is 16.0 Å². The molecule has 3 heterocycles. The number of nitro benzene ring substituents is 1. The highest BCUT2D eigenvalue weighted by Gasteiger charge is 2.64. The number of fused-ring (bicyclic) bond motifs is 6. The fraction of sp³-hybridized carbons (Fsp3) is 0.250. The molecular weight excluding hydrogens is 488 g/mol. The van der Waals surface area contributed by atoms with E-state index in [9.17, 15) is 24.5 Å². The highest BCUT2D eigenvalue weighted by atomic mass is 16.6. The second-order valence-electron chi connectivity index (χ2n) is 9.84. The summed E-state index contributed by atoms with van der Waals surface area (Å²) in [7, 11) is 2.71. The van der Waals surface area contributed by atoms with Gasteiger partial charge in [0.25, 0.3) is 5.69 Å². The molecule has 4 amide bonds. The fourth-order valence-electron chi connectivity index (χ4n) is 6.04. The molecule has 3 aromatic rings. The van der Waals surface area contributed by atoms with Crippen LogP contribution < -0.4 is 9.64 Å². The predicted molar refractivity (Wildman–Crippen MR) is 137 cm³/mol. The van der Waals surface area contributed by atoms with Crippen LogP contribution >= 0.6 is 0 Å². The third-order valence-corrected chi connectivity index (χ3v) is 7.79. The molecule has 0 saturated carbocycles. The monoisotopic (exact) mass is 512 g/mol. The standard InChI is InChI=1S/C28H24N4O6/c1-29-25(33)28(26(34)30(2)27(29)35)15-18-14-19(32(36)37)12-13-21(18)31-16-23(17-8-4-3-5-9-17)38-22-11-7-6-10-20(22)24(28)31/h3-14,23-24H,15-16H2,1-2H3/t23-,24+/m0/s1. The molecule has 3 aliphatic heterocycles. The maximum absolute atomic E-state index is 14.1. The van der Waals surface area contributed by atoms with Crippen molar-refractivity contribution in [1.29, 1.82) is 0 Å². The van der Waals surface area contributed by atoms with Gasteiger partial charge in [-0.25, -0.2) is 4.79 Å². The topological polar surface area (TPSA) is 113 Å². The number of urea groups is 1. The molecule has 0 N–H and O–H groups in total. The first-order valence-corrected chi connectivity index (χ1v) is 12.2. The smallest absolute Gasteiger partial charge is 0.332 e. The first-order chi connectivity index (χ1) is 18.2. The number of nitrogens with zero attached hydrogens (tertiary/aromatic N) is 4. The van der Waals surface area contributed by atoms with Crippen molar-refractivity contribution in [2.45, 2.75) is 18.6 Å². The summed E-state index contributed by atoms with van der Waals surface area (Å²) in [5, 5.41) is 11.6. The summed E-state index contributed by atoms with van der Waals surface area (Å²) in [6.45, 7) is 0.262. The molecule has 192 valence electrons. The van der Waals surface area contributed by atoms with Gasteiger partial charge < -0.3 is 9.64 Å². The quantitative estimate of drug-likeness (QED) is 0.291. The number of hydrogen-bond donors (Lipinski definition) is 0. The number of barbiturate groups is 1. The van der Waals surface area contributed by atoms with Crippen LogP contribution in [0.15, 0.2) is 72.8 Å². The molecule has 3 aromatic carbocycles. The van der Waals surface area contributed by atoms with E-state index in [1.807, 2.05) is 59.5 Å². The van der Waals surface area contributed by atoms with Crippen molar-refractivity contribution in [3.05, 3.63) is 99.6 Å². The van der Waals surface area contributed by atoms with Gasteiger partial charge in [-0.3, -0.25) is 29.5 Å². The Morgan fingerprint density at radius 1 is 0.921 bits per heavy atom. The molecule has 0 radical (unpaired) electrons. The Bertz CT molecular complexity index is 1480. The summed E-state index contributed by atoms with van der Waals surface area (Å²) in [6, 6.07) is 19.9. The Morgan fingerprint density at radius 2 is 1.58 bits per heavy atom. The summed E-state index contributed by atoms with van der Waals surface area (Å²) in [5.74, 6) is -0.766. The molecular formula is C28H24N4O6. The van der Waals surface area contributed by atoms with Crippen molar-refractivity contribution in [1.82, 2.24) is 9.80 Å². The van der Waals surface area contributed by atoms with E-state index in [4.69, 9.17) is 4.74 Å². The number of imide groups is 2. The Kier molecular flexibility index (Phi) is 5.23. The number of nitro groups is 1. The van der Waals surface area contributed by atoms with Crippen molar-refractivity contribution in [3.8, 4) is 5.75 Å². The van der Waals surface area contributed by atoms with Crippen LogP contribution in [0.2, 0.25) is 0 Å². The minimum absolute atomic E-state index is 0.102. The number of ether oxygens (including phenoxy) is 1. The van der Waals surface area contributed by atoms with Gasteiger partial charge in [-0.15, -0.1) is 0 Å². The van der Waals surface area contributed by atoms with Gasteiger partial charge in [0.1, 0.15) is 11.9 Å². The molecule has 10 nitrogen and oxygen atoms in total. The third kappa shape index (κ3) is 3.22. The van der Waals surface area contributed by atoms with Crippen molar-refractivity contribution in [2.24, 2.45) is 5.41 Å². The van der Waals surface area contributed by atoms with Crippen LogP contribution in [0.3, 0.4) is 0 Å². The predicted octanol–water partition coefficient (Wildman–Crippen LogP) is 3.87. The average molecular weight is 513 g/mol. The van der Waals surface area contributed by atoms with E-state index >= 15 is 0 Å². The number of para-hydroxylation sites is 1. The number of carbonyl (C=O) groups excluding carboxylic acids is 3. The number of rotatable bonds is 2. The van der Waals surface area contributed by atoms with E-state index in [2.05, 4.69) is 0 Å². The fourth-order valence-corrected chi connectivity index (χ4v) is 6.04. The van der Waals surface area contributed by atoms with Crippen molar-refractivity contribution >= 4 is 29.2 Å². The van der Waals surface area contributed by atoms with Crippen molar-refractivity contribution < 1.29 is 24.0 Å². The second kappa shape index (κ2) is 8.41. The molecule has 0 aliphatic carbocycles. The number of non-ortho nitro benzene ring substituents is 1. The molecule has 1 spiro atoms. The first-order valence-electron chi connectivity index (χ1n) is 12.2. The largest absolute Gasteiger partial charge is 0.484 e. The van der Waals surface area contributed by atoms with Crippen LogP contribution in [0.25, 0.3) is 0 Å². The lowest BCUT2D eigenvalue weighted by Gasteiger charge is -2.52. The summed E-state index contributed by atoms with van der Waals surface area (Å²) < 4.78 is 6.52. The normalized spacial score (nSPS) is 21.8. The SMILES string of the molecule is CN1C(=O)N(C)C(=O)C2(Cc3cc([N+](=O)[O-])ccc3N3C[C@@H](c4ccccc4)Oc4ccccc4[C@@H]32)C1=O. The van der Waals surface area contributed by atoms with Gasteiger partial charge in [0.05, 0.1) is 17.5 Å². The zero-order valence-corrected chi connectivity index (χ0v) is 20.7. The third-order valence-electron chi connectivity index (χ3n) is 7.79. The Balaban J connectivity index is 1.65. The van der Waals surface area contributed by atoms with E-state index < -0.39 is 40.3 Å². The van der Waals surface area contributed by atoms with E-state index in [0.29, 0.717) is 22.6 Å². The molecule has 6 rings (SSSR count). The average Bonchev–Trinajstić information content (AvgIpc) is 3.12. The van der Waals surface area contributed by atoms with Gasteiger partial charge in [0, 0.05) is 43.9 Å². The zero-order valence-electron chi connectivity index (χ0n) is 20.7. The van der Waals surface area contributed by atoms with Gasteiger partial charge in [-0.2, -0.15) is 0 Å². The van der Waals surface area contributed by atoms with Crippen LogP contribution in [0.5, 0.6) is 5.75 Å². The van der Waals surface area contributed by atoms with Gasteiger partial charge in [0.2, 0.25) is 11.8 Å². The van der Waals surface area contributed by atoms with Crippen molar-refractivity contribution in [2.75, 3.05) is 25.5 Å². The number of benzene rings is 3. The van der Waals surface area contributed by atoms with Gasteiger partial charge in [0.15, 0.2) is 5.41 Å². The number of carbonyl (C=O) groups is 3. The Hall–Kier alpha value is -4.73. The molecule has 2 atom stereocenters. The molecule has 3 aliphatic rings. The van der Waals surface area contributed by atoms with E-state index in [1.165, 1.54) is 26.2 Å². The minimum atomic E-state index is -1.75. The van der Waals surface area contributed by atoms with Gasteiger partial charge >= 0.3 is 6.03 Å². The Morgan fingerprint density at radius 3 is 2.26 bits per heavy atom. The minimum Gasteiger partial charge on any atom is -0.484 e. The van der Waals surface area contributed by atoms with E-state index in [0.717, 1.165) is 15.4 Å². The number of amides is 4. The lowest BCUT2D eigenvalue weighted by atomic mass is 9.66. The summed E-state index contributed by atoms with van der Waals surface area (Å²) in [6.07, 6.45) is -0.568. The second-order valence-corrected chi connectivity index (χ2v) is 9.84. The highest BCUT2D eigenvalue weighted by Crippen LogP contribution is 2.56. The summed E-state index contributed by atoms with van der Waals surface area (Å²) >= 11 is 0. The van der Waals surface area contributed by atoms with Crippen LogP contribution in [0, 0.1) is 15.5 Å². The molecule has 1 fully saturated rings. The number of hydrogen-bond acceptors (Lipinski definition) is 7. The first kappa shape index (κ1) is 23.7. The molecule has 0 bridgehead atoms. The van der Waals surface area contributed by atoms with E-state index in [-0.39, 0.29) is 18.7 Å². The summed E-state index contributed by atoms with van der Waals surface area (Å²) in [4.78, 5) is 55.9. The maximum atomic E-state index is 14.1.